The van der Waals surface area contributed by atoms with Crippen molar-refractivity contribution < 1.29 is 55.9 Å². The Kier molecular flexibility index (Phi) is 15.0. The highest BCUT2D eigenvalue weighted by Crippen LogP contribution is 2.44. The molecule has 0 fully saturated rings. The Bertz CT molecular complexity index is 3190. The monoisotopic (exact) mass is 1020 g/mol. The van der Waals surface area contributed by atoms with Crippen LogP contribution < -0.4 is 34.6 Å². The van der Waals surface area contributed by atoms with E-state index in [0.29, 0.717) is 57.8 Å². The minimum atomic E-state index is -4.43. The molecule has 3 N–H and O–H groups in total. The number of rotatable bonds is 19. The number of methoxy groups -OCH3 is 1. The molecule has 0 aromatic heterocycles. The van der Waals surface area contributed by atoms with Gasteiger partial charge in [-0.1, -0.05) is 50.2 Å². The molecule has 1 unspecified atom stereocenters. The zero-order chi connectivity index (χ0) is 52.4. The number of benzene rings is 5. The number of nitrogens with one attached hydrogen (secondary N) is 2. The Balaban J connectivity index is 0.944. The Labute approximate surface area is 430 Å². The lowest BCUT2D eigenvalue weighted by atomic mass is 9.91. The second-order valence-electron chi connectivity index (χ2n) is 20.0. The molecule has 9 rings (SSSR count). The van der Waals surface area contributed by atoms with E-state index in [0.717, 1.165) is 35.2 Å². The molecule has 0 radical (unpaired) electrons. The minimum absolute atomic E-state index is 0.0255. The molecule has 5 aromatic carbocycles. The maximum atomic E-state index is 14.4. The Morgan fingerprint density at radius 2 is 1.32 bits per heavy atom. The Morgan fingerprint density at radius 1 is 0.703 bits per heavy atom. The number of aryl methyl sites for hydroxylation is 2. The van der Waals surface area contributed by atoms with Gasteiger partial charge in [0, 0.05) is 77.8 Å². The number of hydrogen-bond acceptors (Lipinski definition) is 11. The van der Waals surface area contributed by atoms with Crippen molar-refractivity contribution in [3.8, 4) is 17.2 Å². The summed E-state index contributed by atoms with van der Waals surface area (Å²) in [6, 6.07) is 27.4. The fraction of sp³-hybridized carbons (Fsp3) is 0.368. The van der Waals surface area contributed by atoms with Gasteiger partial charge in [-0.05, 0) is 133 Å². The van der Waals surface area contributed by atoms with Crippen LogP contribution in [0.25, 0.3) is 0 Å². The van der Waals surface area contributed by atoms with Crippen molar-refractivity contribution in [2.45, 2.75) is 104 Å². The fourth-order valence-electron chi connectivity index (χ4n) is 10.7. The zero-order valence-corrected chi connectivity index (χ0v) is 42.7. The molecular formula is C57H60N4O12S. The molecule has 0 aliphatic carbocycles. The van der Waals surface area contributed by atoms with E-state index in [1.165, 1.54) is 12.7 Å². The summed E-state index contributed by atoms with van der Waals surface area (Å²) in [7, 11) is -2.98. The number of para-hydroxylation sites is 2. The van der Waals surface area contributed by atoms with Crippen molar-refractivity contribution in [1.82, 2.24) is 5.32 Å². The topological polar surface area (TPSA) is 215 Å². The number of carbonyl (C=O) groups is 6. The molecule has 74 heavy (non-hydrogen) atoms. The number of amides is 4. The first-order valence-corrected chi connectivity index (χ1v) is 26.7. The largest absolute Gasteiger partial charge is 0.493 e. The average Bonchev–Trinajstić information content (AvgIpc) is 3.89. The van der Waals surface area contributed by atoms with Gasteiger partial charge in [-0.15, -0.1) is 0 Å². The molecule has 4 heterocycles. The van der Waals surface area contributed by atoms with Crippen molar-refractivity contribution in [3.05, 3.63) is 141 Å². The van der Waals surface area contributed by atoms with E-state index >= 15 is 0 Å². The molecule has 0 saturated heterocycles. The minimum Gasteiger partial charge on any atom is -0.493 e. The molecule has 4 amide bonds. The number of carbonyl (C=O) groups excluding carboxylic acids is 6. The van der Waals surface area contributed by atoms with Gasteiger partial charge in [-0.3, -0.25) is 33.3 Å². The number of ether oxygens (including phenoxy) is 3. The van der Waals surface area contributed by atoms with Crippen LogP contribution in [-0.4, -0.2) is 79.7 Å². The van der Waals surface area contributed by atoms with Crippen LogP contribution in [0.1, 0.15) is 106 Å². The van der Waals surface area contributed by atoms with Crippen LogP contribution in [0.4, 0.5) is 17.1 Å². The third-order valence-electron chi connectivity index (χ3n) is 14.5. The highest BCUT2D eigenvalue weighted by molar-refractivity contribution is 7.85. The van der Waals surface area contributed by atoms with E-state index in [1.807, 2.05) is 72.5 Å². The van der Waals surface area contributed by atoms with Crippen molar-refractivity contribution in [3.63, 3.8) is 0 Å². The van der Waals surface area contributed by atoms with E-state index in [1.54, 1.807) is 43.0 Å². The van der Waals surface area contributed by atoms with Crippen LogP contribution in [0.5, 0.6) is 17.2 Å². The Hall–Kier alpha value is -7.37. The third-order valence-corrected chi connectivity index (χ3v) is 15.3. The molecule has 0 saturated carbocycles. The summed E-state index contributed by atoms with van der Waals surface area (Å²) >= 11 is 0. The van der Waals surface area contributed by atoms with E-state index < -0.39 is 39.6 Å². The third kappa shape index (κ3) is 11.4. The van der Waals surface area contributed by atoms with Crippen LogP contribution in [-0.2, 0) is 68.2 Å². The average molecular weight is 1030 g/mol. The molecule has 4 aliphatic rings. The van der Waals surface area contributed by atoms with Gasteiger partial charge in [0.05, 0.1) is 19.4 Å². The lowest BCUT2D eigenvalue weighted by molar-refractivity contribution is -0.128. The SMILES string of the molecule is COc1cc2c(cc1OCc1cc(COc3cc4c(cc3C)C(=O)N3c5ccccc5C[C@H]3CC4)cc(NC(=O)CCC(=O)CNC(=O)CCC(=O)C(C)C)c1)CC(CS(=O)(=O)O)[C@@H]1Cc3ccccc3N1C2=O. The molecular weight excluding hydrogens is 965 g/mol. The fourth-order valence-corrected chi connectivity index (χ4v) is 11.6. The van der Waals surface area contributed by atoms with Crippen LogP contribution in [0.3, 0.4) is 0 Å². The van der Waals surface area contributed by atoms with Crippen molar-refractivity contribution in [1.29, 1.82) is 0 Å². The van der Waals surface area contributed by atoms with Crippen LogP contribution in [0.15, 0.2) is 91.0 Å². The summed E-state index contributed by atoms with van der Waals surface area (Å²) in [6.07, 6.45) is 2.61. The first kappa shape index (κ1) is 51.5. The number of hydrogen-bond donors (Lipinski definition) is 3. The molecule has 3 atom stereocenters. The molecule has 0 bridgehead atoms. The van der Waals surface area contributed by atoms with Crippen LogP contribution in [0.2, 0.25) is 0 Å². The summed E-state index contributed by atoms with van der Waals surface area (Å²) in [6.45, 7) is 5.15. The summed E-state index contributed by atoms with van der Waals surface area (Å²) in [5.41, 5.74) is 8.55. The number of Topliss-reactive ketones (excluding diaryl/α,β-unsaturated/α-hetero) is 2. The van der Waals surface area contributed by atoms with Gasteiger partial charge in [0.25, 0.3) is 21.9 Å². The van der Waals surface area contributed by atoms with Gasteiger partial charge in [-0.2, -0.15) is 8.42 Å². The number of nitrogens with zero attached hydrogens (tertiary/aromatic N) is 2. The smallest absolute Gasteiger partial charge is 0.265 e. The maximum Gasteiger partial charge on any atom is 0.265 e. The molecule has 386 valence electrons. The zero-order valence-electron chi connectivity index (χ0n) is 41.9. The van der Waals surface area contributed by atoms with Gasteiger partial charge < -0.3 is 34.6 Å². The van der Waals surface area contributed by atoms with Gasteiger partial charge in [0.2, 0.25) is 11.8 Å². The highest BCUT2D eigenvalue weighted by Gasteiger charge is 2.44. The summed E-state index contributed by atoms with van der Waals surface area (Å²) in [5.74, 6) is -1.88. The summed E-state index contributed by atoms with van der Waals surface area (Å²) < 4.78 is 53.6. The molecule has 17 heteroatoms. The lowest BCUT2D eigenvalue weighted by Crippen LogP contribution is -2.43. The normalized spacial score (nSPS) is 17.5. The first-order chi connectivity index (χ1) is 35.4. The molecule has 5 aromatic rings. The predicted octanol–water partition coefficient (Wildman–Crippen LogP) is 7.72. The van der Waals surface area contributed by atoms with E-state index in [4.69, 9.17) is 14.2 Å². The first-order valence-electron chi connectivity index (χ1n) is 25.0. The molecule has 0 spiro atoms. The van der Waals surface area contributed by atoms with Gasteiger partial charge in [-0.25, -0.2) is 0 Å². The Morgan fingerprint density at radius 3 is 2.01 bits per heavy atom. The standard InChI is InChI=1S/C57H60N4O12S/c1-33(2)50(63)16-18-54(64)58-29-44(62)15-17-55(65)59-42-21-35(30-72-51-26-37-13-14-43-24-38-9-5-7-11-47(38)60(43)56(66)45(37)19-34(51)3)20-36(22-42)31-73-53-27-40-23-41(32-74(68,69)70)49-25-39-10-6-8-12-48(39)61(49)57(67)46(40)28-52(53)71-4/h5-12,19-22,26-28,33,41,43,49H,13-18,23-25,29-32H2,1-4H3,(H,58,64)(H,59,65)(H,68,69,70)/t41?,43-,49+/m1/s1. The van der Waals surface area contributed by atoms with E-state index in [2.05, 4.69) is 16.7 Å². The maximum absolute atomic E-state index is 14.4. The van der Waals surface area contributed by atoms with Crippen molar-refractivity contribution in [2.24, 2.45) is 11.8 Å². The van der Waals surface area contributed by atoms with Crippen molar-refractivity contribution >= 4 is 62.4 Å². The van der Waals surface area contributed by atoms with Gasteiger partial charge in [0.1, 0.15) is 24.7 Å². The highest BCUT2D eigenvalue weighted by atomic mass is 32.2. The molecule has 16 nitrogen and oxygen atoms in total. The lowest BCUT2D eigenvalue weighted by Gasteiger charge is -2.28. The summed E-state index contributed by atoms with van der Waals surface area (Å²) in [5, 5.41) is 5.42. The number of anilines is 3. The van der Waals surface area contributed by atoms with E-state index in [-0.39, 0.29) is 98.7 Å². The van der Waals surface area contributed by atoms with Crippen LogP contribution >= 0.6 is 0 Å². The number of fused-ring (bicyclic) bond motifs is 8. The van der Waals surface area contributed by atoms with Gasteiger partial charge >= 0.3 is 0 Å². The van der Waals surface area contributed by atoms with E-state index in [9.17, 15) is 41.7 Å². The predicted molar refractivity (Wildman–Crippen MR) is 278 cm³/mol. The second-order valence-corrected chi connectivity index (χ2v) is 21.5. The number of ketones is 2. The van der Waals surface area contributed by atoms with Crippen molar-refractivity contribution in [2.75, 3.05) is 34.5 Å². The summed E-state index contributed by atoms with van der Waals surface area (Å²) in [4.78, 5) is 82.4. The second kappa shape index (κ2) is 21.6. The quantitative estimate of drug-likeness (QED) is 0.0678. The van der Waals surface area contributed by atoms with Crippen LogP contribution in [0, 0.1) is 18.8 Å². The molecule has 4 aliphatic heterocycles. The van der Waals surface area contributed by atoms with Gasteiger partial charge in [0.15, 0.2) is 17.3 Å².